The third kappa shape index (κ3) is 5.98. The number of hydrogen-bond donors (Lipinski definition) is 3. The summed E-state index contributed by atoms with van der Waals surface area (Å²) in [5.41, 5.74) is 0.527. The van der Waals surface area contributed by atoms with Gasteiger partial charge in [-0.15, -0.1) is 0 Å². The maximum Gasteiger partial charge on any atom is 0.328 e. The van der Waals surface area contributed by atoms with E-state index in [0.717, 1.165) is 6.08 Å². The zero-order valence-corrected chi connectivity index (χ0v) is 11.3. The first-order valence-corrected chi connectivity index (χ1v) is 6.94. The average molecular weight is 285 g/mol. The molecule has 7 nitrogen and oxygen atoms in total. The van der Waals surface area contributed by atoms with Gasteiger partial charge in [0.05, 0.1) is 0 Å². The molecule has 104 valence electrons. The molecule has 1 heterocycles. The quantitative estimate of drug-likeness (QED) is 0.671. The van der Waals surface area contributed by atoms with Crippen LogP contribution in [-0.2, 0) is 15.0 Å². The Morgan fingerprint density at radius 3 is 2.74 bits per heavy atom. The third-order valence-corrected chi connectivity index (χ3v) is 3.09. The molecule has 0 saturated heterocycles. The smallest absolute Gasteiger partial charge is 0.328 e. The van der Waals surface area contributed by atoms with Crippen molar-refractivity contribution in [2.45, 2.75) is 19.9 Å². The van der Waals surface area contributed by atoms with Crippen molar-refractivity contribution in [2.75, 3.05) is 4.72 Å². The molecule has 0 aliphatic carbocycles. The van der Waals surface area contributed by atoms with Crippen molar-refractivity contribution in [2.24, 2.45) is 0 Å². The summed E-state index contributed by atoms with van der Waals surface area (Å²) in [4.78, 5) is 14.2. The fraction of sp³-hybridized carbons (Fsp3) is 0.273. The Balaban J connectivity index is 2.86. The summed E-state index contributed by atoms with van der Waals surface area (Å²) in [7, 11) is -3.68. The fourth-order valence-electron chi connectivity index (χ4n) is 1.25. The number of aromatic nitrogens is 1. The van der Waals surface area contributed by atoms with E-state index in [1.54, 1.807) is 19.9 Å². The average Bonchev–Trinajstić information content (AvgIpc) is 2.24. The highest BCUT2D eigenvalue weighted by Gasteiger charge is 2.11. The SMILES string of the molecule is CC(C)NS(=O)(=O)Nc1cc(/C=C/C(=O)O)ccn1. The second kappa shape index (κ2) is 6.30. The normalized spacial score (nSPS) is 11.9. The monoisotopic (exact) mass is 285 g/mol. The molecule has 0 unspecified atom stereocenters. The molecule has 8 heteroatoms. The molecule has 0 aliphatic rings. The van der Waals surface area contributed by atoms with Crippen LogP contribution in [-0.4, -0.2) is 30.5 Å². The minimum atomic E-state index is -3.68. The summed E-state index contributed by atoms with van der Waals surface area (Å²) < 4.78 is 27.8. The number of pyridine rings is 1. The van der Waals surface area contributed by atoms with E-state index >= 15 is 0 Å². The molecule has 1 aromatic rings. The van der Waals surface area contributed by atoms with Crippen LogP contribution < -0.4 is 9.44 Å². The molecule has 1 rings (SSSR count). The highest BCUT2D eigenvalue weighted by Crippen LogP contribution is 2.09. The van der Waals surface area contributed by atoms with E-state index in [0.29, 0.717) is 5.56 Å². The van der Waals surface area contributed by atoms with Crippen molar-refractivity contribution in [3.05, 3.63) is 30.0 Å². The van der Waals surface area contributed by atoms with Crippen LogP contribution in [0.15, 0.2) is 24.4 Å². The number of carboxylic acids is 1. The van der Waals surface area contributed by atoms with Crippen molar-refractivity contribution < 1.29 is 18.3 Å². The van der Waals surface area contributed by atoms with Crippen LogP contribution in [0.3, 0.4) is 0 Å². The van der Waals surface area contributed by atoms with E-state index in [2.05, 4.69) is 14.4 Å². The van der Waals surface area contributed by atoms with Crippen molar-refractivity contribution >= 4 is 28.1 Å². The van der Waals surface area contributed by atoms with Crippen LogP contribution in [0, 0.1) is 0 Å². The number of nitrogens with one attached hydrogen (secondary N) is 2. The second-order valence-electron chi connectivity index (χ2n) is 4.02. The molecular weight excluding hydrogens is 270 g/mol. The van der Waals surface area contributed by atoms with Gasteiger partial charge in [0, 0.05) is 18.3 Å². The van der Waals surface area contributed by atoms with Gasteiger partial charge in [0.1, 0.15) is 5.82 Å². The van der Waals surface area contributed by atoms with Gasteiger partial charge < -0.3 is 5.11 Å². The molecule has 0 saturated carbocycles. The summed E-state index contributed by atoms with van der Waals surface area (Å²) in [6.07, 6.45) is 3.69. The minimum absolute atomic E-state index is 0.112. The number of nitrogens with zero attached hydrogens (tertiary/aromatic N) is 1. The number of carbonyl (C=O) groups is 1. The maximum atomic E-state index is 11.6. The van der Waals surface area contributed by atoms with Gasteiger partial charge in [-0.2, -0.15) is 13.1 Å². The standard InChI is InChI=1S/C11H15N3O4S/c1-8(2)13-19(17,18)14-10-7-9(5-6-12-10)3-4-11(15)16/h3-8,13H,1-2H3,(H,12,14)(H,15,16)/b4-3+. The summed E-state index contributed by atoms with van der Waals surface area (Å²) in [5, 5.41) is 8.51. The lowest BCUT2D eigenvalue weighted by molar-refractivity contribution is -0.131. The molecule has 3 N–H and O–H groups in total. The van der Waals surface area contributed by atoms with Gasteiger partial charge in [-0.25, -0.2) is 9.78 Å². The van der Waals surface area contributed by atoms with Crippen LogP contribution in [0.4, 0.5) is 5.82 Å². The van der Waals surface area contributed by atoms with Gasteiger partial charge in [-0.3, -0.25) is 4.72 Å². The van der Waals surface area contributed by atoms with E-state index in [-0.39, 0.29) is 11.9 Å². The predicted octanol–water partition coefficient (Wildman–Crippen LogP) is 0.834. The molecule has 0 bridgehead atoms. The first-order valence-electron chi connectivity index (χ1n) is 5.45. The fourth-order valence-corrected chi connectivity index (χ4v) is 2.32. The molecule has 0 amide bonds. The Morgan fingerprint density at radius 1 is 1.47 bits per heavy atom. The van der Waals surface area contributed by atoms with Gasteiger partial charge in [0.2, 0.25) is 0 Å². The van der Waals surface area contributed by atoms with Gasteiger partial charge in [0.25, 0.3) is 10.2 Å². The molecule has 0 aliphatic heterocycles. The number of carboxylic acid groups (broad SMARTS) is 1. The van der Waals surface area contributed by atoms with Crippen molar-refractivity contribution in [1.29, 1.82) is 0 Å². The Labute approximate surface area is 111 Å². The van der Waals surface area contributed by atoms with E-state index < -0.39 is 16.2 Å². The Morgan fingerprint density at radius 2 is 2.16 bits per heavy atom. The van der Waals surface area contributed by atoms with Crippen LogP contribution in [0.2, 0.25) is 0 Å². The maximum absolute atomic E-state index is 11.6. The largest absolute Gasteiger partial charge is 0.478 e. The summed E-state index contributed by atoms with van der Waals surface area (Å²) in [6.45, 7) is 3.39. The molecular formula is C11H15N3O4S. The summed E-state index contributed by atoms with van der Waals surface area (Å²) in [6, 6.07) is 2.75. The minimum Gasteiger partial charge on any atom is -0.478 e. The van der Waals surface area contributed by atoms with Gasteiger partial charge in [-0.05, 0) is 37.6 Å². The Bertz CT molecular complexity index is 581. The molecule has 0 radical (unpaired) electrons. The molecule has 0 fully saturated rings. The molecule has 1 aromatic heterocycles. The zero-order chi connectivity index (χ0) is 14.5. The van der Waals surface area contributed by atoms with Gasteiger partial charge in [0.15, 0.2) is 0 Å². The Hall–Kier alpha value is -1.93. The van der Waals surface area contributed by atoms with Crippen molar-refractivity contribution in [3.63, 3.8) is 0 Å². The van der Waals surface area contributed by atoms with Crippen molar-refractivity contribution in [3.8, 4) is 0 Å². The lowest BCUT2D eigenvalue weighted by atomic mass is 10.2. The topological polar surface area (TPSA) is 108 Å². The van der Waals surface area contributed by atoms with Crippen LogP contribution >= 0.6 is 0 Å². The highest BCUT2D eigenvalue weighted by molar-refractivity contribution is 7.90. The summed E-state index contributed by atoms with van der Waals surface area (Å²) in [5.74, 6) is -0.971. The van der Waals surface area contributed by atoms with E-state index in [1.165, 1.54) is 18.3 Å². The highest BCUT2D eigenvalue weighted by atomic mass is 32.2. The van der Waals surface area contributed by atoms with E-state index in [9.17, 15) is 13.2 Å². The van der Waals surface area contributed by atoms with E-state index in [4.69, 9.17) is 5.11 Å². The van der Waals surface area contributed by atoms with Crippen LogP contribution in [0.1, 0.15) is 19.4 Å². The first-order chi connectivity index (χ1) is 8.78. The first kappa shape index (κ1) is 15.1. The lowest BCUT2D eigenvalue weighted by Crippen LogP contribution is -2.35. The van der Waals surface area contributed by atoms with Crippen LogP contribution in [0.5, 0.6) is 0 Å². The zero-order valence-electron chi connectivity index (χ0n) is 10.5. The number of anilines is 1. The lowest BCUT2D eigenvalue weighted by Gasteiger charge is -2.11. The van der Waals surface area contributed by atoms with Crippen molar-refractivity contribution in [1.82, 2.24) is 9.71 Å². The Kier molecular flexibility index (Phi) is 5.02. The molecule has 0 spiro atoms. The number of hydrogen-bond acceptors (Lipinski definition) is 4. The van der Waals surface area contributed by atoms with Gasteiger partial charge in [-0.1, -0.05) is 0 Å². The van der Waals surface area contributed by atoms with Gasteiger partial charge >= 0.3 is 5.97 Å². The molecule has 0 aromatic carbocycles. The van der Waals surface area contributed by atoms with E-state index in [1.807, 2.05) is 0 Å². The molecule has 19 heavy (non-hydrogen) atoms. The third-order valence-electron chi connectivity index (χ3n) is 1.83. The van der Waals surface area contributed by atoms with Crippen LogP contribution in [0.25, 0.3) is 6.08 Å². The predicted molar refractivity (Wildman–Crippen MR) is 71.7 cm³/mol. The second-order valence-corrected chi connectivity index (χ2v) is 5.47. The number of rotatable bonds is 6. The summed E-state index contributed by atoms with van der Waals surface area (Å²) >= 11 is 0. The number of aliphatic carboxylic acids is 1. The molecule has 0 atom stereocenters.